The van der Waals surface area contributed by atoms with Gasteiger partial charge in [-0.1, -0.05) is 6.92 Å². The first-order valence-electron chi connectivity index (χ1n) is 7.31. The van der Waals surface area contributed by atoms with Crippen molar-refractivity contribution in [2.45, 2.75) is 32.7 Å². The van der Waals surface area contributed by atoms with Crippen LogP contribution in [0.3, 0.4) is 0 Å². The van der Waals surface area contributed by atoms with E-state index in [4.69, 9.17) is 4.42 Å². The number of nitrogens with one attached hydrogen (secondary N) is 1. The van der Waals surface area contributed by atoms with E-state index >= 15 is 0 Å². The predicted octanol–water partition coefficient (Wildman–Crippen LogP) is 2.40. The van der Waals surface area contributed by atoms with E-state index < -0.39 is 4.92 Å². The lowest BCUT2D eigenvalue weighted by Gasteiger charge is -2.30. The van der Waals surface area contributed by atoms with Gasteiger partial charge in [0.25, 0.3) is 0 Å². The second-order valence-corrected chi connectivity index (χ2v) is 5.55. The molecule has 0 unspecified atom stereocenters. The van der Waals surface area contributed by atoms with Gasteiger partial charge in [0.2, 0.25) is 0 Å². The molecule has 0 aromatic carbocycles. The lowest BCUT2D eigenvalue weighted by Crippen LogP contribution is -2.34. The van der Waals surface area contributed by atoms with Gasteiger partial charge < -0.3 is 14.6 Å². The number of hydrogen-bond acceptors (Lipinski definition) is 5. The maximum atomic E-state index is 10.5. The lowest BCUT2D eigenvalue weighted by atomic mass is 9.99. The molecule has 1 fully saturated rings. The molecular formula is C14H23N3O3. The molecule has 0 aliphatic carbocycles. The molecule has 20 heavy (non-hydrogen) atoms. The molecule has 1 aromatic rings. The first-order chi connectivity index (χ1) is 9.65. The number of nitro groups is 1. The molecule has 0 radical (unpaired) electrons. The smallest absolute Gasteiger partial charge is 0.404 e. The van der Waals surface area contributed by atoms with Gasteiger partial charge in [-0.3, -0.25) is 10.1 Å². The SMILES string of the molecule is CC1CCN(CCCNCc2ccc([N+](=O)[O-])o2)CC1. The van der Waals surface area contributed by atoms with Gasteiger partial charge in [0.1, 0.15) is 10.7 Å². The molecule has 1 aliphatic heterocycles. The molecule has 6 heteroatoms. The Labute approximate surface area is 119 Å². The van der Waals surface area contributed by atoms with Gasteiger partial charge in [0.05, 0.1) is 12.6 Å². The highest BCUT2D eigenvalue weighted by molar-refractivity contribution is 5.17. The van der Waals surface area contributed by atoms with Crippen molar-refractivity contribution in [3.05, 3.63) is 28.0 Å². The number of nitrogens with zero attached hydrogens (tertiary/aromatic N) is 2. The number of likely N-dealkylation sites (tertiary alicyclic amines) is 1. The van der Waals surface area contributed by atoms with E-state index in [9.17, 15) is 10.1 Å². The summed E-state index contributed by atoms with van der Waals surface area (Å²) in [6.45, 7) is 7.32. The van der Waals surface area contributed by atoms with Gasteiger partial charge >= 0.3 is 5.88 Å². The molecule has 1 N–H and O–H groups in total. The zero-order chi connectivity index (χ0) is 14.4. The number of piperidine rings is 1. The fourth-order valence-corrected chi connectivity index (χ4v) is 2.48. The molecule has 1 aromatic heterocycles. The maximum absolute atomic E-state index is 10.5. The second-order valence-electron chi connectivity index (χ2n) is 5.55. The quantitative estimate of drug-likeness (QED) is 0.472. The van der Waals surface area contributed by atoms with Crippen LogP contribution >= 0.6 is 0 Å². The van der Waals surface area contributed by atoms with Crippen LogP contribution in [-0.4, -0.2) is 36.0 Å². The molecule has 0 saturated carbocycles. The fraction of sp³-hybridized carbons (Fsp3) is 0.714. The Kier molecular flexibility index (Phi) is 5.55. The minimum atomic E-state index is -0.513. The number of hydrogen-bond donors (Lipinski definition) is 1. The molecule has 0 amide bonds. The monoisotopic (exact) mass is 281 g/mol. The van der Waals surface area contributed by atoms with E-state index in [-0.39, 0.29) is 5.88 Å². The van der Waals surface area contributed by atoms with Crippen molar-refractivity contribution in [2.24, 2.45) is 5.92 Å². The minimum absolute atomic E-state index is 0.191. The summed E-state index contributed by atoms with van der Waals surface area (Å²) in [6.07, 6.45) is 3.71. The summed E-state index contributed by atoms with van der Waals surface area (Å²) in [5, 5.41) is 13.7. The Morgan fingerprint density at radius 3 is 2.85 bits per heavy atom. The third kappa shape index (κ3) is 4.61. The van der Waals surface area contributed by atoms with Crippen molar-refractivity contribution < 1.29 is 9.34 Å². The van der Waals surface area contributed by atoms with Gasteiger partial charge in [-0.25, -0.2) is 0 Å². The molecule has 2 heterocycles. The van der Waals surface area contributed by atoms with Crippen LogP contribution in [0, 0.1) is 16.0 Å². The highest BCUT2D eigenvalue weighted by atomic mass is 16.6. The normalized spacial score (nSPS) is 17.4. The Balaban J connectivity index is 1.56. The maximum Gasteiger partial charge on any atom is 0.433 e. The van der Waals surface area contributed by atoms with E-state index in [0.717, 1.165) is 25.4 Å². The molecule has 2 rings (SSSR count). The summed E-state index contributed by atoms with van der Waals surface area (Å²) in [7, 11) is 0. The van der Waals surface area contributed by atoms with Crippen LogP contribution in [0.15, 0.2) is 16.5 Å². The molecule has 6 nitrogen and oxygen atoms in total. The fourth-order valence-electron chi connectivity index (χ4n) is 2.48. The summed E-state index contributed by atoms with van der Waals surface area (Å²) < 4.78 is 5.08. The van der Waals surface area contributed by atoms with Crippen LogP contribution in [0.25, 0.3) is 0 Å². The third-order valence-electron chi connectivity index (χ3n) is 3.83. The van der Waals surface area contributed by atoms with E-state index in [0.29, 0.717) is 12.3 Å². The highest BCUT2D eigenvalue weighted by Crippen LogP contribution is 2.16. The average molecular weight is 281 g/mol. The van der Waals surface area contributed by atoms with Crippen molar-refractivity contribution in [3.8, 4) is 0 Å². The molecule has 0 spiro atoms. The first kappa shape index (κ1) is 15.0. The number of furan rings is 1. The Morgan fingerprint density at radius 1 is 1.45 bits per heavy atom. The van der Waals surface area contributed by atoms with Gasteiger partial charge in [-0.15, -0.1) is 0 Å². The Bertz CT molecular complexity index is 425. The van der Waals surface area contributed by atoms with Crippen LogP contribution < -0.4 is 5.32 Å². The number of rotatable bonds is 7. The highest BCUT2D eigenvalue weighted by Gasteiger charge is 2.15. The average Bonchev–Trinajstić information content (AvgIpc) is 2.89. The Morgan fingerprint density at radius 2 is 2.20 bits per heavy atom. The van der Waals surface area contributed by atoms with Crippen molar-refractivity contribution >= 4 is 5.88 Å². The zero-order valence-electron chi connectivity index (χ0n) is 12.0. The summed E-state index contributed by atoms with van der Waals surface area (Å²) in [5.41, 5.74) is 0. The largest absolute Gasteiger partial charge is 0.433 e. The zero-order valence-corrected chi connectivity index (χ0v) is 12.0. The van der Waals surface area contributed by atoms with Crippen LogP contribution in [-0.2, 0) is 6.54 Å². The molecule has 1 aliphatic rings. The van der Waals surface area contributed by atoms with Crippen LogP contribution in [0.2, 0.25) is 0 Å². The molecule has 0 bridgehead atoms. The van der Waals surface area contributed by atoms with E-state index in [1.165, 1.54) is 32.0 Å². The lowest BCUT2D eigenvalue weighted by molar-refractivity contribution is -0.402. The van der Waals surface area contributed by atoms with E-state index in [2.05, 4.69) is 17.1 Å². The summed E-state index contributed by atoms with van der Waals surface area (Å²) >= 11 is 0. The summed E-state index contributed by atoms with van der Waals surface area (Å²) in [6, 6.07) is 3.04. The third-order valence-corrected chi connectivity index (χ3v) is 3.83. The van der Waals surface area contributed by atoms with E-state index in [1.54, 1.807) is 6.07 Å². The minimum Gasteiger partial charge on any atom is -0.404 e. The topological polar surface area (TPSA) is 71.5 Å². The van der Waals surface area contributed by atoms with Crippen LogP contribution in [0.1, 0.15) is 31.9 Å². The van der Waals surface area contributed by atoms with Crippen LogP contribution in [0.4, 0.5) is 5.88 Å². The second kappa shape index (κ2) is 7.40. The van der Waals surface area contributed by atoms with Crippen molar-refractivity contribution in [3.63, 3.8) is 0 Å². The van der Waals surface area contributed by atoms with E-state index in [1.807, 2.05) is 0 Å². The van der Waals surface area contributed by atoms with Gasteiger partial charge in [0.15, 0.2) is 0 Å². The summed E-state index contributed by atoms with van der Waals surface area (Å²) in [4.78, 5) is 12.5. The molecular weight excluding hydrogens is 258 g/mol. The van der Waals surface area contributed by atoms with Gasteiger partial charge in [-0.2, -0.15) is 0 Å². The summed E-state index contributed by atoms with van der Waals surface area (Å²) in [5.74, 6) is 1.30. The first-order valence-corrected chi connectivity index (χ1v) is 7.31. The molecule has 1 saturated heterocycles. The van der Waals surface area contributed by atoms with Gasteiger partial charge in [-0.05, 0) is 57.4 Å². The standard InChI is InChI=1S/C14H23N3O3/c1-12-5-9-16(10-6-12)8-2-7-15-11-13-3-4-14(20-13)17(18)19/h3-4,12,15H,2,5-11H2,1H3. The van der Waals surface area contributed by atoms with Crippen LogP contribution in [0.5, 0.6) is 0 Å². The molecule has 112 valence electrons. The van der Waals surface area contributed by atoms with Gasteiger partial charge in [0, 0.05) is 0 Å². The molecule has 0 atom stereocenters. The predicted molar refractivity (Wildman–Crippen MR) is 76.5 cm³/mol. The van der Waals surface area contributed by atoms with Crippen molar-refractivity contribution in [1.82, 2.24) is 10.2 Å². The van der Waals surface area contributed by atoms with Crippen molar-refractivity contribution in [2.75, 3.05) is 26.2 Å². The van der Waals surface area contributed by atoms with Crippen molar-refractivity contribution in [1.29, 1.82) is 0 Å². The Hall–Kier alpha value is -1.40.